The van der Waals surface area contributed by atoms with E-state index in [1.807, 2.05) is 12.2 Å². The van der Waals surface area contributed by atoms with Crippen LogP contribution in [0.25, 0.3) is 0 Å². The smallest absolute Gasteiger partial charge is 0.330 e. The van der Waals surface area contributed by atoms with Crippen molar-refractivity contribution in [3.8, 4) is 0 Å². The molecule has 0 aliphatic heterocycles. The lowest BCUT2D eigenvalue weighted by atomic mass is 10.1. The van der Waals surface area contributed by atoms with Gasteiger partial charge in [-0.25, -0.2) is 4.79 Å². The van der Waals surface area contributed by atoms with Gasteiger partial charge in [0.25, 0.3) is 5.91 Å². The zero-order valence-corrected chi connectivity index (χ0v) is 25.2. The van der Waals surface area contributed by atoms with E-state index in [-0.39, 0.29) is 17.9 Å². The van der Waals surface area contributed by atoms with Crippen LogP contribution < -0.4 is 10.6 Å². The fourth-order valence-electron chi connectivity index (χ4n) is 3.53. The first-order chi connectivity index (χ1) is 20.8. The van der Waals surface area contributed by atoms with Crippen molar-refractivity contribution >= 4 is 23.8 Å². The molecule has 0 bridgehead atoms. The summed E-state index contributed by atoms with van der Waals surface area (Å²) in [6.45, 7) is 3.08. The molecular weight excluding hydrogens is 546 g/mol. The van der Waals surface area contributed by atoms with Gasteiger partial charge in [-0.15, -0.1) is 0 Å². The molecule has 1 heterocycles. The van der Waals surface area contributed by atoms with Crippen LogP contribution >= 0.6 is 0 Å². The Morgan fingerprint density at radius 1 is 0.860 bits per heavy atom. The Morgan fingerprint density at radius 3 is 1.88 bits per heavy atom. The highest BCUT2D eigenvalue weighted by Gasteiger charge is 2.30. The number of rotatable bonds is 21. The van der Waals surface area contributed by atoms with Gasteiger partial charge in [0.15, 0.2) is 6.04 Å². The van der Waals surface area contributed by atoms with Crippen LogP contribution in [0.2, 0.25) is 0 Å². The fourth-order valence-corrected chi connectivity index (χ4v) is 3.53. The molecule has 0 spiro atoms. The molecule has 3 N–H and O–H groups in total. The average Bonchev–Trinajstić information content (AvgIpc) is 3.00. The molecule has 9 heteroatoms. The molecule has 1 aromatic heterocycles. The number of nitrogens with one attached hydrogen (secondary N) is 2. The van der Waals surface area contributed by atoms with Gasteiger partial charge in [0, 0.05) is 18.8 Å². The number of allylic oxidation sites excluding steroid dienone is 12. The Bertz CT molecular complexity index is 1150. The van der Waals surface area contributed by atoms with Crippen LogP contribution in [-0.2, 0) is 19.1 Å². The molecule has 2 amide bonds. The minimum Gasteiger partial charge on any atom is -0.480 e. The quantitative estimate of drug-likeness (QED) is 0.122. The van der Waals surface area contributed by atoms with Gasteiger partial charge in [0.2, 0.25) is 5.91 Å². The molecule has 1 aromatic rings. The summed E-state index contributed by atoms with van der Waals surface area (Å²) < 4.78 is 5.11. The third-order valence-electron chi connectivity index (χ3n) is 5.83. The maximum absolute atomic E-state index is 12.2. The number of esters is 1. The van der Waals surface area contributed by atoms with Crippen LogP contribution in [0.4, 0.5) is 0 Å². The molecule has 0 saturated heterocycles. The third kappa shape index (κ3) is 19.3. The summed E-state index contributed by atoms with van der Waals surface area (Å²) in [5.41, 5.74) is 0.173. The van der Waals surface area contributed by atoms with Gasteiger partial charge in [-0.3, -0.25) is 19.4 Å². The number of nitrogens with zero attached hydrogens (tertiary/aromatic N) is 1. The van der Waals surface area contributed by atoms with Gasteiger partial charge in [-0.1, -0.05) is 79.8 Å². The second-order valence-electron chi connectivity index (χ2n) is 9.46. The number of carbonyl (C=O) groups is 4. The normalized spacial score (nSPS) is 13.4. The van der Waals surface area contributed by atoms with Gasteiger partial charge < -0.3 is 20.5 Å². The first-order valence-electron chi connectivity index (χ1n) is 14.6. The van der Waals surface area contributed by atoms with E-state index in [4.69, 9.17) is 4.74 Å². The number of aliphatic carboxylic acids is 1. The minimum atomic E-state index is -1.47. The SMILES string of the molecule is CCC=CCC=CCC=CCC=CCC=CCC=CCCC(=O)NCC(=O)OC(C)C(NC(=O)c1cccnc1)C(=O)O. The zero-order chi connectivity index (χ0) is 31.5. The van der Waals surface area contributed by atoms with Crippen molar-refractivity contribution in [2.75, 3.05) is 6.54 Å². The number of ether oxygens (including phenoxy) is 1. The standard InChI is InChI=1S/C34H45N3O6/c1-3-4-5-6-7-8-9-10-11-12-13-14-15-16-17-18-19-20-21-24-30(38)36-27-31(39)43-28(2)32(34(41)42)37-33(40)29-23-22-25-35-26-29/h4-5,7-8,10-11,13-14,16-17,19-20,22-23,25-26,28,32H,3,6,9,12,15,18,21,24,27H2,1-2H3,(H,36,38)(H,37,40)(H,41,42). The van der Waals surface area contributed by atoms with Crippen LogP contribution in [0.1, 0.15) is 75.6 Å². The highest BCUT2D eigenvalue weighted by atomic mass is 16.5. The van der Waals surface area contributed by atoms with Crippen LogP contribution in [0, 0.1) is 0 Å². The molecule has 0 aromatic carbocycles. The van der Waals surface area contributed by atoms with Gasteiger partial charge in [0.1, 0.15) is 12.6 Å². The molecule has 0 fully saturated rings. The highest BCUT2D eigenvalue weighted by Crippen LogP contribution is 2.04. The van der Waals surface area contributed by atoms with Crippen LogP contribution in [0.5, 0.6) is 0 Å². The van der Waals surface area contributed by atoms with E-state index < -0.39 is 36.5 Å². The molecule has 2 atom stereocenters. The van der Waals surface area contributed by atoms with E-state index in [2.05, 4.69) is 83.3 Å². The summed E-state index contributed by atoms with van der Waals surface area (Å²) in [7, 11) is 0. The topological polar surface area (TPSA) is 135 Å². The van der Waals surface area contributed by atoms with Gasteiger partial charge >= 0.3 is 11.9 Å². The van der Waals surface area contributed by atoms with Crippen molar-refractivity contribution in [1.82, 2.24) is 15.6 Å². The molecule has 232 valence electrons. The second-order valence-corrected chi connectivity index (χ2v) is 9.46. The van der Waals surface area contributed by atoms with E-state index >= 15 is 0 Å². The van der Waals surface area contributed by atoms with Gasteiger partial charge in [-0.05, 0) is 64.0 Å². The van der Waals surface area contributed by atoms with E-state index in [9.17, 15) is 24.3 Å². The van der Waals surface area contributed by atoms with Gasteiger partial charge in [-0.2, -0.15) is 0 Å². The van der Waals surface area contributed by atoms with Crippen LogP contribution in [0.15, 0.2) is 97.4 Å². The lowest BCUT2D eigenvalue weighted by Gasteiger charge is -2.21. The number of aromatic nitrogens is 1. The fraction of sp³-hybridized carbons (Fsp3) is 0.382. The lowest BCUT2D eigenvalue weighted by molar-refractivity contribution is -0.154. The molecule has 9 nitrogen and oxygen atoms in total. The van der Waals surface area contributed by atoms with Crippen LogP contribution in [-0.4, -0.2) is 52.5 Å². The van der Waals surface area contributed by atoms with E-state index in [1.165, 1.54) is 25.4 Å². The van der Waals surface area contributed by atoms with E-state index in [1.54, 1.807) is 6.07 Å². The first kappa shape index (κ1) is 36.5. The Labute approximate surface area is 255 Å². The van der Waals surface area contributed by atoms with Crippen molar-refractivity contribution in [1.29, 1.82) is 0 Å². The predicted molar refractivity (Wildman–Crippen MR) is 169 cm³/mol. The third-order valence-corrected chi connectivity index (χ3v) is 5.83. The van der Waals surface area contributed by atoms with Crippen molar-refractivity contribution in [3.05, 3.63) is 103 Å². The monoisotopic (exact) mass is 591 g/mol. The van der Waals surface area contributed by atoms with Crippen LogP contribution in [0.3, 0.4) is 0 Å². The predicted octanol–water partition coefficient (Wildman–Crippen LogP) is 5.79. The summed E-state index contributed by atoms with van der Waals surface area (Å²) in [6, 6.07) is 1.55. The summed E-state index contributed by atoms with van der Waals surface area (Å²) in [5.74, 6) is -3.16. The molecule has 0 saturated carbocycles. The minimum absolute atomic E-state index is 0.173. The Hall–Kier alpha value is -4.53. The average molecular weight is 592 g/mol. The number of amides is 2. The molecule has 2 unspecified atom stereocenters. The molecule has 0 aliphatic rings. The maximum Gasteiger partial charge on any atom is 0.330 e. The summed E-state index contributed by atoms with van der Waals surface area (Å²) in [6.07, 6.45) is 33.3. The van der Waals surface area contributed by atoms with Crippen molar-refractivity contribution < 1.29 is 29.0 Å². The van der Waals surface area contributed by atoms with Crippen molar-refractivity contribution in [2.24, 2.45) is 0 Å². The number of carboxylic acid groups (broad SMARTS) is 1. The molecule has 1 rings (SSSR count). The molecular formula is C34H45N3O6. The highest BCUT2D eigenvalue weighted by molar-refractivity contribution is 5.96. The number of hydrogen-bond acceptors (Lipinski definition) is 6. The maximum atomic E-state index is 12.2. The first-order valence-corrected chi connectivity index (χ1v) is 14.6. The lowest BCUT2D eigenvalue weighted by Crippen LogP contribution is -2.49. The summed E-state index contributed by atoms with van der Waals surface area (Å²) in [4.78, 5) is 51.8. The summed E-state index contributed by atoms with van der Waals surface area (Å²) in [5, 5.41) is 14.2. The summed E-state index contributed by atoms with van der Waals surface area (Å²) >= 11 is 0. The number of carbonyl (C=O) groups excluding carboxylic acids is 3. The number of pyridine rings is 1. The second kappa shape index (κ2) is 24.1. The Balaban J connectivity index is 2.17. The Morgan fingerprint density at radius 2 is 1.40 bits per heavy atom. The van der Waals surface area contributed by atoms with Crippen molar-refractivity contribution in [2.45, 2.75) is 77.4 Å². The molecule has 43 heavy (non-hydrogen) atoms. The molecule has 0 radical (unpaired) electrons. The number of hydrogen-bond donors (Lipinski definition) is 3. The zero-order valence-electron chi connectivity index (χ0n) is 25.2. The van der Waals surface area contributed by atoms with E-state index in [0.29, 0.717) is 6.42 Å². The largest absolute Gasteiger partial charge is 0.480 e. The number of carboxylic acids is 1. The van der Waals surface area contributed by atoms with Gasteiger partial charge in [0.05, 0.1) is 5.56 Å². The molecule has 0 aliphatic carbocycles. The van der Waals surface area contributed by atoms with Crippen molar-refractivity contribution in [3.63, 3.8) is 0 Å². The van der Waals surface area contributed by atoms with E-state index in [0.717, 1.165) is 38.5 Å². The Kier molecular flexibility index (Phi) is 20.5.